The van der Waals surface area contributed by atoms with Crippen LogP contribution in [0.1, 0.15) is 27.7 Å². The highest BCUT2D eigenvalue weighted by molar-refractivity contribution is 7.80. The maximum absolute atomic E-state index is 12.2. The molecule has 1 N–H and O–H groups in total. The van der Waals surface area contributed by atoms with Gasteiger partial charge in [0.15, 0.2) is 5.57 Å². The predicted octanol–water partition coefficient (Wildman–Crippen LogP) is 1.35. The summed E-state index contributed by atoms with van der Waals surface area (Å²) in [6.45, 7) is 6.80. The summed E-state index contributed by atoms with van der Waals surface area (Å²) in [5, 5.41) is 0. The summed E-state index contributed by atoms with van der Waals surface area (Å²) >= 11 is 0. The van der Waals surface area contributed by atoms with Gasteiger partial charge < -0.3 is 14.4 Å². The monoisotopic (exact) mass is 389 g/mol. The van der Waals surface area contributed by atoms with Gasteiger partial charge in [0.2, 0.25) is 0 Å². The van der Waals surface area contributed by atoms with Gasteiger partial charge in [0, 0.05) is 17.9 Å². The fourth-order valence-electron chi connectivity index (χ4n) is 2.38. The summed E-state index contributed by atoms with van der Waals surface area (Å²) in [5.41, 5.74) is 1.42. The largest absolute Gasteiger partial charge is 0.462 e. The normalized spacial score (nSPS) is 14.5. The first-order chi connectivity index (χ1) is 12.1. The molecule has 146 valence electrons. The molecule has 0 saturated heterocycles. The summed E-state index contributed by atoms with van der Waals surface area (Å²) in [5.74, 6) is -1.56. The highest BCUT2D eigenvalue weighted by Crippen LogP contribution is 2.25. The zero-order valence-corrected chi connectivity index (χ0v) is 16.0. The first-order valence-electron chi connectivity index (χ1n) is 7.95. The van der Waals surface area contributed by atoms with Crippen molar-refractivity contribution in [2.45, 2.75) is 27.7 Å². The van der Waals surface area contributed by atoms with Crippen LogP contribution >= 0.6 is 0 Å². The van der Waals surface area contributed by atoms with Crippen molar-refractivity contribution >= 4 is 22.3 Å². The van der Waals surface area contributed by atoms with Gasteiger partial charge in [0.05, 0.1) is 19.8 Å². The molecule has 0 aromatic heterocycles. The van der Waals surface area contributed by atoms with Crippen molar-refractivity contribution < 1.29 is 36.2 Å². The van der Waals surface area contributed by atoms with E-state index in [4.69, 9.17) is 14.0 Å². The minimum Gasteiger partial charge on any atom is -0.462 e. The predicted molar refractivity (Wildman–Crippen MR) is 92.0 cm³/mol. The van der Waals surface area contributed by atoms with Crippen LogP contribution in [0.2, 0.25) is 0 Å². The summed E-state index contributed by atoms with van der Waals surface area (Å²) in [6, 6.07) is 0. The SMILES string of the molecule is CCOC(=O)C(C(=O)OCC)=C1C=C(C)N(CCOS(=O)(=O)O)C(C)=C1. The van der Waals surface area contributed by atoms with Crippen molar-refractivity contribution in [1.82, 2.24) is 4.90 Å². The lowest BCUT2D eigenvalue weighted by Crippen LogP contribution is -2.28. The lowest BCUT2D eigenvalue weighted by molar-refractivity contribution is -0.146. The Kier molecular flexibility index (Phi) is 8.00. The highest BCUT2D eigenvalue weighted by atomic mass is 32.3. The van der Waals surface area contributed by atoms with Crippen molar-refractivity contribution in [3.8, 4) is 0 Å². The van der Waals surface area contributed by atoms with Crippen molar-refractivity contribution in [3.63, 3.8) is 0 Å². The highest BCUT2D eigenvalue weighted by Gasteiger charge is 2.26. The van der Waals surface area contributed by atoms with Crippen LogP contribution in [0.3, 0.4) is 0 Å². The molecule has 0 bridgehead atoms. The van der Waals surface area contributed by atoms with Gasteiger partial charge in [-0.2, -0.15) is 8.42 Å². The number of nitrogens with zero attached hydrogens (tertiary/aromatic N) is 1. The molecule has 1 rings (SSSR count). The summed E-state index contributed by atoms with van der Waals surface area (Å²) < 4.78 is 44.1. The number of ether oxygens (including phenoxy) is 2. The van der Waals surface area contributed by atoms with Crippen LogP contribution in [0.4, 0.5) is 0 Å². The number of esters is 2. The minimum absolute atomic E-state index is 0.111. The summed E-state index contributed by atoms with van der Waals surface area (Å²) in [6.07, 6.45) is 3.17. The van der Waals surface area contributed by atoms with Gasteiger partial charge in [-0.15, -0.1) is 0 Å². The molecular formula is C16H23NO8S. The van der Waals surface area contributed by atoms with E-state index in [1.165, 1.54) is 0 Å². The third-order valence-electron chi connectivity index (χ3n) is 3.38. The quantitative estimate of drug-likeness (QED) is 0.216. The second-order valence-electron chi connectivity index (χ2n) is 5.24. The van der Waals surface area contributed by atoms with Gasteiger partial charge >= 0.3 is 22.3 Å². The smallest absolute Gasteiger partial charge is 0.397 e. The van der Waals surface area contributed by atoms with Crippen LogP contribution in [0.25, 0.3) is 0 Å². The fraction of sp³-hybridized carbons (Fsp3) is 0.500. The maximum Gasteiger partial charge on any atom is 0.397 e. The molecule has 0 unspecified atom stereocenters. The zero-order valence-electron chi connectivity index (χ0n) is 15.1. The van der Waals surface area contributed by atoms with Crippen LogP contribution in [-0.2, 0) is 33.6 Å². The molecule has 1 heterocycles. The maximum atomic E-state index is 12.2. The van der Waals surface area contributed by atoms with Crippen LogP contribution in [0, 0.1) is 0 Å². The number of carbonyl (C=O) groups excluding carboxylic acids is 2. The van der Waals surface area contributed by atoms with E-state index in [2.05, 4.69) is 4.18 Å². The molecule has 0 spiro atoms. The van der Waals surface area contributed by atoms with Crippen molar-refractivity contribution in [2.24, 2.45) is 0 Å². The van der Waals surface area contributed by atoms with E-state index in [1.807, 2.05) is 0 Å². The van der Waals surface area contributed by atoms with Gasteiger partial charge in [0.1, 0.15) is 0 Å². The Morgan fingerprint density at radius 1 is 1.04 bits per heavy atom. The molecule has 0 amide bonds. The number of carbonyl (C=O) groups is 2. The fourth-order valence-corrected chi connectivity index (χ4v) is 2.67. The van der Waals surface area contributed by atoms with Crippen LogP contribution < -0.4 is 0 Å². The lowest BCUT2D eigenvalue weighted by atomic mass is 10.0. The minimum atomic E-state index is -4.52. The Morgan fingerprint density at radius 3 is 1.88 bits per heavy atom. The van der Waals surface area contributed by atoms with Gasteiger partial charge in [-0.05, 0) is 45.4 Å². The molecule has 9 nitrogen and oxygen atoms in total. The molecule has 0 atom stereocenters. The third kappa shape index (κ3) is 6.28. The van der Waals surface area contributed by atoms with Gasteiger partial charge in [0.25, 0.3) is 0 Å². The van der Waals surface area contributed by atoms with Crippen molar-refractivity contribution in [1.29, 1.82) is 0 Å². The second kappa shape index (κ2) is 9.51. The number of rotatable bonds is 8. The molecule has 1 aliphatic heterocycles. The Labute approximate surface area is 152 Å². The first kappa shape index (κ1) is 21.9. The van der Waals surface area contributed by atoms with E-state index in [0.29, 0.717) is 17.0 Å². The Bertz CT molecular complexity index is 706. The number of allylic oxidation sites excluding steroid dienone is 5. The van der Waals surface area contributed by atoms with Gasteiger partial charge in [-0.1, -0.05) is 0 Å². The summed E-state index contributed by atoms with van der Waals surface area (Å²) in [4.78, 5) is 26.0. The Morgan fingerprint density at radius 2 is 1.50 bits per heavy atom. The molecule has 10 heteroatoms. The van der Waals surface area contributed by atoms with Crippen molar-refractivity contribution in [2.75, 3.05) is 26.4 Å². The van der Waals surface area contributed by atoms with E-state index < -0.39 is 22.3 Å². The van der Waals surface area contributed by atoms with Crippen LogP contribution in [-0.4, -0.2) is 56.2 Å². The Hall–Kier alpha value is -2.17. The molecule has 0 fully saturated rings. The summed E-state index contributed by atoms with van der Waals surface area (Å²) in [7, 11) is -4.52. The van der Waals surface area contributed by atoms with Gasteiger partial charge in [-0.3, -0.25) is 4.55 Å². The lowest BCUT2D eigenvalue weighted by Gasteiger charge is -2.29. The van der Waals surface area contributed by atoms with Crippen molar-refractivity contribution in [3.05, 3.63) is 34.7 Å². The van der Waals surface area contributed by atoms with E-state index >= 15 is 0 Å². The second-order valence-corrected chi connectivity index (χ2v) is 6.34. The number of hydrogen-bond donors (Lipinski definition) is 1. The third-order valence-corrected chi connectivity index (χ3v) is 3.84. The van der Waals surface area contributed by atoms with Crippen LogP contribution in [0.5, 0.6) is 0 Å². The van der Waals surface area contributed by atoms with Gasteiger partial charge in [-0.25, -0.2) is 13.8 Å². The molecule has 1 aliphatic rings. The average Bonchev–Trinajstić information content (AvgIpc) is 2.49. The van der Waals surface area contributed by atoms with E-state index in [9.17, 15) is 18.0 Å². The van der Waals surface area contributed by atoms with E-state index in [1.54, 1.807) is 44.7 Å². The average molecular weight is 389 g/mol. The molecular weight excluding hydrogens is 366 g/mol. The Balaban J connectivity index is 3.14. The van der Waals surface area contributed by atoms with E-state index in [0.717, 1.165) is 0 Å². The topological polar surface area (TPSA) is 119 Å². The standard InChI is InChI=1S/C16H23NO8S/c1-5-23-15(18)14(16(19)24-6-2)13-9-11(3)17(12(4)10-13)7-8-25-26(20,21)22/h9-10H,5-8H2,1-4H3,(H,20,21,22). The van der Waals surface area contributed by atoms with Crippen LogP contribution in [0.15, 0.2) is 34.7 Å². The molecule has 0 aliphatic carbocycles. The molecule has 0 saturated carbocycles. The number of hydrogen-bond acceptors (Lipinski definition) is 8. The zero-order chi connectivity index (χ0) is 19.9. The molecule has 0 radical (unpaired) electrons. The first-order valence-corrected chi connectivity index (χ1v) is 9.31. The molecule has 0 aromatic rings. The molecule has 26 heavy (non-hydrogen) atoms. The van der Waals surface area contributed by atoms with E-state index in [-0.39, 0.29) is 31.9 Å². The molecule has 0 aromatic carbocycles.